The Morgan fingerprint density at radius 1 is 1.32 bits per heavy atom. The van der Waals surface area contributed by atoms with Crippen molar-refractivity contribution in [2.45, 2.75) is 25.6 Å². The molecule has 2 aliphatic heterocycles. The van der Waals surface area contributed by atoms with E-state index in [0.29, 0.717) is 34.9 Å². The Labute approximate surface area is 181 Å². The fourth-order valence-corrected chi connectivity index (χ4v) is 4.30. The maximum absolute atomic E-state index is 13.7. The summed E-state index contributed by atoms with van der Waals surface area (Å²) in [5, 5.41) is 15.1. The summed E-state index contributed by atoms with van der Waals surface area (Å²) < 4.78 is 30.8. The second-order valence-electron chi connectivity index (χ2n) is 7.47. The number of halogens is 1. The Morgan fingerprint density at radius 2 is 2.13 bits per heavy atom. The number of nitrogens with one attached hydrogen (secondary N) is 2. The van der Waals surface area contributed by atoms with Gasteiger partial charge in [-0.3, -0.25) is 9.59 Å². The first-order valence-electron chi connectivity index (χ1n) is 9.70. The van der Waals surface area contributed by atoms with Crippen molar-refractivity contribution < 1.29 is 28.4 Å². The van der Waals surface area contributed by atoms with Crippen LogP contribution in [0.15, 0.2) is 36.4 Å². The minimum atomic E-state index is -1.06. The van der Waals surface area contributed by atoms with Gasteiger partial charge in [0.2, 0.25) is 0 Å². The lowest BCUT2D eigenvalue weighted by Crippen LogP contribution is -2.37. The van der Waals surface area contributed by atoms with Gasteiger partial charge in [-0.25, -0.2) is 4.39 Å². The van der Waals surface area contributed by atoms with Crippen molar-refractivity contribution in [3.05, 3.63) is 64.5 Å². The predicted octanol–water partition coefficient (Wildman–Crippen LogP) is 2.49. The summed E-state index contributed by atoms with van der Waals surface area (Å²) in [4.78, 5) is 23.9. The van der Waals surface area contributed by atoms with E-state index in [0.717, 1.165) is 16.7 Å². The number of carbonyl (C=O) groups is 2. The van der Waals surface area contributed by atoms with Gasteiger partial charge in [0.25, 0.3) is 5.91 Å². The van der Waals surface area contributed by atoms with Gasteiger partial charge in [0.1, 0.15) is 30.0 Å². The van der Waals surface area contributed by atoms with Crippen LogP contribution in [0.3, 0.4) is 0 Å². The maximum atomic E-state index is 13.7. The lowest BCUT2D eigenvalue weighted by molar-refractivity contribution is -0.139. The lowest BCUT2D eigenvalue weighted by atomic mass is 9.99. The number of anilines is 1. The molecule has 2 aliphatic rings. The molecule has 7 nitrogen and oxygen atoms in total. The number of fused-ring (bicyclic) bond motifs is 2. The summed E-state index contributed by atoms with van der Waals surface area (Å²) in [7, 11) is 0. The van der Waals surface area contributed by atoms with Crippen LogP contribution in [0.25, 0.3) is 11.3 Å². The first-order chi connectivity index (χ1) is 14.8. The van der Waals surface area contributed by atoms with Crippen LogP contribution in [0.4, 0.5) is 10.1 Å². The third-order valence-corrected chi connectivity index (χ3v) is 6.09. The highest BCUT2D eigenvalue weighted by molar-refractivity contribution is 7.90. The molecule has 0 saturated heterocycles. The number of carboxylic acid groups (broad SMARTS) is 1. The second kappa shape index (κ2) is 8.70. The van der Waals surface area contributed by atoms with Crippen molar-refractivity contribution in [3.8, 4) is 0 Å². The Balaban J connectivity index is 1.55. The van der Waals surface area contributed by atoms with Crippen LogP contribution < -0.4 is 10.6 Å². The molecule has 0 spiro atoms. The zero-order valence-electron chi connectivity index (χ0n) is 16.7. The van der Waals surface area contributed by atoms with E-state index >= 15 is 0 Å². The van der Waals surface area contributed by atoms with Gasteiger partial charge in [-0.15, -0.1) is 0 Å². The summed E-state index contributed by atoms with van der Waals surface area (Å²) >= 11 is -1.06. The zero-order valence-corrected chi connectivity index (χ0v) is 17.6. The van der Waals surface area contributed by atoms with Crippen molar-refractivity contribution in [3.63, 3.8) is 0 Å². The van der Waals surface area contributed by atoms with E-state index in [4.69, 9.17) is 4.74 Å². The number of aliphatic carboxylic acids is 1. The number of benzene rings is 2. The zero-order chi connectivity index (χ0) is 22.1. The summed E-state index contributed by atoms with van der Waals surface area (Å²) in [5.41, 5.74) is 3.79. The molecule has 2 aromatic rings. The summed E-state index contributed by atoms with van der Waals surface area (Å²) in [6, 6.07) is 8.88. The van der Waals surface area contributed by atoms with Gasteiger partial charge in [-0.1, -0.05) is 29.4 Å². The van der Waals surface area contributed by atoms with Crippen molar-refractivity contribution in [2.75, 3.05) is 17.3 Å². The fourth-order valence-electron chi connectivity index (χ4n) is 3.74. The minimum Gasteiger partial charge on any atom is -0.617 e. The molecule has 31 heavy (non-hydrogen) atoms. The quantitative estimate of drug-likeness (QED) is 0.447. The van der Waals surface area contributed by atoms with Gasteiger partial charge < -0.3 is 25.0 Å². The molecule has 2 heterocycles. The molecule has 0 bridgehead atoms. The number of carboxylic acids is 1. The number of hydrogen-bond donors (Lipinski definition) is 3. The molecule has 0 aromatic heterocycles. The average molecular weight is 444 g/mol. The smallest absolute Gasteiger partial charge is 0.320 e. The monoisotopic (exact) mass is 444 g/mol. The molecular weight excluding hydrogens is 423 g/mol. The molecule has 2 atom stereocenters. The molecule has 2 unspecified atom stereocenters. The summed E-state index contributed by atoms with van der Waals surface area (Å²) in [6.45, 7) is 0.581. The first kappa shape index (κ1) is 21.4. The van der Waals surface area contributed by atoms with Gasteiger partial charge in [-0.05, 0) is 23.8 Å². The van der Waals surface area contributed by atoms with E-state index in [1.165, 1.54) is 18.2 Å². The molecule has 0 fully saturated rings. The molecule has 4 rings (SSSR count). The number of amides is 1. The van der Waals surface area contributed by atoms with Crippen LogP contribution in [0.1, 0.15) is 28.7 Å². The number of carbonyl (C=O) groups excluding carboxylic acids is 1. The second-order valence-corrected chi connectivity index (χ2v) is 9.02. The molecule has 162 valence electrons. The Kier molecular flexibility index (Phi) is 5.99. The number of hydrogen-bond acceptors (Lipinski definition) is 5. The van der Waals surface area contributed by atoms with Crippen molar-refractivity contribution in [2.24, 2.45) is 0 Å². The summed E-state index contributed by atoms with van der Waals surface area (Å²) in [5.74, 6) is -1.05. The third-order valence-electron chi connectivity index (χ3n) is 5.28. The highest BCUT2D eigenvalue weighted by Crippen LogP contribution is 2.41. The predicted molar refractivity (Wildman–Crippen MR) is 115 cm³/mol. The highest BCUT2D eigenvalue weighted by atomic mass is 32.2. The Bertz CT molecular complexity index is 1090. The third kappa shape index (κ3) is 4.43. The molecular formula is C22H21FN2O5S. The van der Waals surface area contributed by atoms with Gasteiger partial charge in [0.05, 0.1) is 11.8 Å². The topological polar surface area (TPSA) is 111 Å². The molecule has 1 amide bonds. The number of ether oxygens (including phenoxy) is 1. The first-order valence-corrected chi connectivity index (χ1v) is 11.4. The molecule has 2 aromatic carbocycles. The van der Waals surface area contributed by atoms with Crippen molar-refractivity contribution in [1.82, 2.24) is 5.32 Å². The minimum absolute atomic E-state index is 0.261. The van der Waals surface area contributed by atoms with E-state index in [-0.39, 0.29) is 18.9 Å². The normalized spacial score (nSPS) is 18.7. The molecule has 0 aliphatic carbocycles. The van der Waals surface area contributed by atoms with Gasteiger partial charge in [0.15, 0.2) is 0 Å². The van der Waals surface area contributed by atoms with Crippen LogP contribution in [-0.2, 0) is 38.7 Å². The van der Waals surface area contributed by atoms with Crippen LogP contribution in [-0.4, -0.2) is 39.6 Å². The van der Waals surface area contributed by atoms with Gasteiger partial charge >= 0.3 is 5.97 Å². The number of rotatable bonds is 7. The molecule has 0 radical (unpaired) electrons. The highest BCUT2D eigenvalue weighted by Gasteiger charge is 2.32. The van der Waals surface area contributed by atoms with E-state index < -0.39 is 29.0 Å². The van der Waals surface area contributed by atoms with Crippen LogP contribution in [0.2, 0.25) is 0 Å². The molecule has 9 heteroatoms. The van der Waals surface area contributed by atoms with Crippen molar-refractivity contribution in [1.29, 1.82) is 0 Å². The van der Waals surface area contributed by atoms with E-state index in [2.05, 4.69) is 10.6 Å². The SMILES string of the molecule is C[S+]([O-])CCC(NCc1ccc2c(c1)COC2=C1C(=O)Nc2ccc(F)cc21)C(=O)O. The van der Waals surface area contributed by atoms with Crippen LogP contribution in [0.5, 0.6) is 0 Å². The van der Waals surface area contributed by atoms with Crippen LogP contribution >= 0.6 is 0 Å². The van der Waals surface area contributed by atoms with E-state index in [1.54, 1.807) is 6.26 Å². The van der Waals surface area contributed by atoms with Crippen molar-refractivity contribution >= 4 is 40.1 Å². The lowest BCUT2D eigenvalue weighted by Gasteiger charge is -2.15. The Hall–Kier alpha value is -2.88. The van der Waals surface area contributed by atoms with Gasteiger partial charge in [-0.2, -0.15) is 0 Å². The molecule has 3 N–H and O–H groups in total. The molecule has 0 saturated carbocycles. The average Bonchev–Trinajstić information content (AvgIpc) is 3.26. The van der Waals surface area contributed by atoms with Crippen LogP contribution in [0, 0.1) is 5.82 Å². The fraction of sp³-hybridized carbons (Fsp3) is 0.273. The van der Waals surface area contributed by atoms with E-state index in [9.17, 15) is 23.6 Å². The standard InChI is InChI=1S/C22H21FN2O5S/c1-31(29)7-6-18(22(27)28)24-10-12-2-4-15-13(8-12)11-30-20(15)19-16-9-14(23)3-5-17(16)25-21(19)26/h2-5,8-9,18,24H,6-7,10-11H2,1H3,(H,25,26)(H,27,28). The largest absolute Gasteiger partial charge is 0.617 e. The maximum Gasteiger partial charge on any atom is 0.320 e. The Morgan fingerprint density at radius 3 is 2.87 bits per heavy atom. The van der Waals surface area contributed by atoms with E-state index in [1.807, 2.05) is 18.2 Å². The summed E-state index contributed by atoms with van der Waals surface area (Å²) in [6.07, 6.45) is 1.82. The van der Waals surface area contributed by atoms with Gasteiger partial charge in [0, 0.05) is 35.3 Å².